The summed E-state index contributed by atoms with van der Waals surface area (Å²) >= 11 is 0. The summed E-state index contributed by atoms with van der Waals surface area (Å²) in [5.41, 5.74) is 11.4. The van der Waals surface area contributed by atoms with E-state index in [0.29, 0.717) is 23.7 Å². The molecule has 1 aromatic heterocycles. The highest BCUT2D eigenvalue weighted by molar-refractivity contribution is 6.10. The van der Waals surface area contributed by atoms with E-state index in [-0.39, 0.29) is 0 Å². The van der Waals surface area contributed by atoms with Crippen LogP contribution < -0.4 is 4.90 Å². The predicted octanol–water partition coefficient (Wildman–Crippen LogP) is 12.5. The number of hydrogen-bond donors (Lipinski definition) is 0. The van der Waals surface area contributed by atoms with E-state index in [1.807, 2.05) is 0 Å². The van der Waals surface area contributed by atoms with Crippen LogP contribution in [0.5, 0.6) is 0 Å². The summed E-state index contributed by atoms with van der Waals surface area (Å²) in [5, 5.41) is 3.80. The van der Waals surface area contributed by atoms with E-state index in [0.717, 1.165) is 37.0 Å². The minimum Gasteiger partial charge on any atom is -0.456 e. The molecule has 0 spiro atoms. The molecular weight excluding hydrogens is 607 g/mol. The smallest absolute Gasteiger partial charge is 0.135 e. The third-order valence-electron chi connectivity index (χ3n) is 11.6. The van der Waals surface area contributed by atoms with Crippen LogP contribution in [0.25, 0.3) is 38.9 Å². The lowest BCUT2D eigenvalue weighted by Gasteiger charge is -2.42. The molecule has 4 atom stereocenters. The number of hydrogen-bond acceptors (Lipinski definition) is 2. The van der Waals surface area contributed by atoms with Gasteiger partial charge in [0.1, 0.15) is 11.3 Å². The summed E-state index contributed by atoms with van der Waals surface area (Å²) < 4.78 is 6.26. The largest absolute Gasteiger partial charge is 0.456 e. The van der Waals surface area contributed by atoms with Crippen molar-refractivity contribution in [2.24, 2.45) is 17.8 Å². The molecule has 4 aliphatic rings. The van der Waals surface area contributed by atoms with Crippen LogP contribution in [-0.2, 0) is 12.8 Å². The molecule has 0 bridgehead atoms. The molecule has 4 unspecified atom stereocenters. The molecule has 50 heavy (non-hydrogen) atoms. The fourth-order valence-electron chi connectivity index (χ4n) is 9.13. The van der Waals surface area contributed by atoms with Crippen molar-refractivity contribution in [3.63, 3.8) is 0 Å². The van der Waals surface area contributed by atoms with E-state index in [9.17, 15) is 0 Å². The zero-order valence-electron chi connectivity index (χ0n) is 28.1. The summed E-state index contributed by atoms with van der Waals surface area (Å²) in [4.78, 5) is 2.41. The Hall–Kier alpha value is -5.60. The second kappa shape index (κ2) is 12.1. The van der Waals surface area contributed by atoms with E-state index in [1.54, 1.807) is 0 Å². The fourth-order valence-corrected chi connectivity index (χ4v) is 9.13. The van der Waals surface area contributed by atoms with Gasteiger partial charge < -0.3 is 9.32 Å². The molecule has 6 aromatic rings. The van der Waals surface area contributed by atoms with Crippen LogP contribution in [0.3, 0.4) is 0 Å². The van der Waals surface area contributed by atoms with Gasteiger partial charge in [-0.25, -0.2) is 0 Å². The van der Waals surface area contributed by atoms with E-state index in [4.69, 9.17) is 4.42 Å². The van der Waals surface area contributed by atoms with Gasteiger partial charge in [0.15, 0.2) is 0 Å². The number of benzene rings is 5. The Bertz CT molecular complexity index is 2400. The minimum absolute atomic E-state index is 0.476. The van der Waals surface area contributed by atoms with Gasteiger partial charge in [-0.1, -0.05) is 115 Å². The maximum Gasteiger partial charge on any atom is 0.135 e. The van der Waals surface area contributed by atoms with Crippen molar-refractivity contribution in [3.8, 4) is 11.1 Å². The normalized spacial score (nSPS) is 21.9. The highest BCUT2D eigenvalue weighted by Gasteiger charge is 2.38. The average Bonchev–Trinajstić information content (AvgIpc) is 3.58. The molecule has 0 saturated heterocycles. The first-order valence-corrected chi connectivity index (χ1v) is 18.2. The van der Waals surface area contributed by atoms with Crippen molar-refractivity contribution in [1.82, 2.24) is 0 Å². The molecule has 242 valence electrons. The Labute approximate surface area is 294 Å². The molecule has 2 nitrogen and oxygen atoms in total. The molecule has 0 N–H and O–H groups in total. The summed E-state index contributed by atoms with van der Waals surface area (Å²) in [6.07, 6.45) is 25.4. The highest BCUT2D eigenvalue weighted by atomic mass is 16.3. The molecule has 5 aromatic carbocycles. The van der Waals surface area contributed by atoms with Crippen molar-refractivity contribution in [2.45, 2.75) is 31.6 Å². The molecule has 0 saturated carbocycles. The molecule has 2 heteroatoms. The Kier molecular flexibility index (Phi) is 7.08. The lowest BCUT2D eigenvalue weighted by atomic mass is 9.63. The second-order valence-electron chi connectivity index (χ2n) is 14.3. The first-order chi connectivity index (χ1) is 24.8. The number of allylic oxidation sites excluding steroid dienone is 8. The van der Waals surface area contributed by atoms with Crippen molar-refractivity contribution >= 4 is 39.2 Å². The first-order valence-electron chi connectivity index (χ1n) is 18.2. The lowest BCUT2D eigenvalue weighted by Crippen LogP contribution is -2.33. The van der Waals surface area contributed by atoms with Crippen molar-refractivity contribution in [1.29, 1.82) is 0 Å². The van der Waals surface area contributed by atoms with E-state index in [2.05, 4.69) is 169 Å². The van der Waals surface area contributed by atoms with Crippen LogP contribution in [0.4, 0.5) is 11.4 Å². The first kappa shape index (κ1) is 29.3. The quantitative estimate of drug-likeness (QED) is 0.185. The number of rotatable bonds is 5. The summed E-state index contributed by atoms with van der Waals surface area (Å²) in [6.45, 7) is 0. The van der Waals surface area contributed by atoms with Crippen LogP contribution in [0.2, 0.25) is 0 Å². The number of fused-ring (bicyclic) bond motifs is 8. The second-order valence-corrected chi connectivity index (χ2v) is 14.3. The van der Waals surface area contributed by atoms with Crippen molar-refractivity contribution in [3.05, 3.63) is 186 Å². The number of aryl methyl sites for hydroxylation is 1. The van der Waals surface area contributed by atoms with Crippen LogP contribution in [0.1, 0.15) is 41.2 Å². The molecule has 0 radical (unpaired) electrons. The van der Waals surface area contributed by atoms with Crippen molar-refractivity contribution in [2.75, 3.05) is 4.90 Å². The fraction of sp³-hybridized carbons (Fsp3) is 0.167. The molecule has 4 aliphatic carbocycles. The Balaban J connectivity index is 0.961. The number of anilines is 2. The molecule has 10 rings (SSSR count). The average molecular weight is 646 g/mol. The van der Waals surface area contributed by atoms with Gasteiger partial charge in [-0.3, -0.25) is 0 Å². The van der Waals surface area contributed by atoms with E-state index in [1.165, 1.54) is 61.0 Å². The third-order valence-corrected chi connectivity index (χ3v) is 11.6. The van der Waals surface area contributed by atoms with Gasteiger partial charge in [0.25, 0.3) is 0 Å². The van der Waals surface area contributed by atoms with Gasteiger partial charge in [0.2, 0.25) is 0 Å². The van der Waals surface area contributed by atoms with Gasteiger partial charge in [0, 0.05) is 33.9 Å². The molecule has 1 heterocycles. The SMILES string of the molecule is C1=CC2c3ccccc3CC(C3C=CC(N(c4ccccc4)c4ccc(-c5ccc6ccc7oc8c(c7c6c5)CCC=C8)cc4)=CC3)C2C=C1. The Morgan fingerprint density at radius 1 is 0.700 bits per heavy atom. The third kappa shape index (κ3) is 4.93. The summed E-state index contributed by atoms with van der Waals surface area (Å²) in [7, 11) is 0. The van der Waals surface area contributed by atoms with E-state index >= 15 is 0 Å². The maximum atomic E-state index is 6.26. The summed E-state index contributed by atoms with van der Waals surface area (Å²) in [5.74, 6) is 3.13. The van der Waals surface area contributed by atoms with Gasteiger partial charge in [-0.2, -0.15) is 0 Å². The van der Waals surface area contributed by atoms with Crippen LogP contribution in [-0.4, -0.2) is 0 Å². The number of para-hydroxylation sites is 1. The van der Waals surface area contributed by atoms with Gasteiger partial charge in [0.05, 0.1) is 0 Å². The lowest BCUT2D eigenvalue weighted by molar-refractivity contribution is 0.265. The summed E-state index contributed by atoms with van der Waals surface area (Å²) in [6, 6.07) is 40.2. The molecule has 0 fully saturated rings. The zero-order valence-corrected chi connectivity index (χ0v) is 28.1. The topological polar surface area (TPSA) is 16.4 Å². The molecule has 0 amide bonds. The molecular formula is C48H39NO. The Morgan fingerprint density at radius 2 is 1.50 bits per heavy atom. The Morgan fingerprint density at radius 3 is 2.38 bits per heavy atom. The number of nitrogens with zero attached hydrogens (tertiary/aromatic N) is 1. The maximum absolute atomic E-state index is 6.26. The zero-order chi connectivity index (χ0) is 33.0. The van der Waals surface area contributed by atoms with Crippen LogP contribution >= 0.6 is 0 Å². The standard InChI is InChI=1S/C48H39NO/c1-2-11-37(12-3-1)49(39-27-22-33(23-28-39)44-31-36-10-4-5-13-40(36)41-14-6-7-15-42(41)44)38-25-20-32(21-26-38)35-19-18-34-24-29-47-48(45(34)30-35)43-16-8-9-17-46(43)50-47/h1-7,9-15,17-22,24-30,33,41-42,44H,8,16,23,31H2. The van der Waals surface area contributed by atoms with Gasteiger partial charge in [-0.15, -0.1) is 0 Å². The highest BCUT2D eigenvalue weighted by Crippen LogP contribution is 2.48. The molecule has 0 aliphatic heterocycles. The van der Waals surface area contributed by atoms with E-state index < -0.39 is 0 Å². The monoisotopic (exact) mass is 645 g/mol. The van der Waals surface area contributed by atoms with Crippen LogP contribution in [0.15, 0.2) is 168 Å². The van der Waals surface area contributed by atoms with Gasteiger partial charge >= 0.3 is 0 Å². The van der Waals surface area contributed by atoms with Gasteiger partial charge in [-0.05, 0) is 125 Å². The van der Waals surface area contributed by atoms with Crippen LogP contribution in [0, 0.1) is 17.8 Å². The predicted molar refractivity (Wildman–Crippen MR) is 209 cm³/mol. The number of furan rings is 1. The minimum atomic E-state index is 0.476. The van der Waals surface area contributed by atoms with Crippen molar-refractivity contribution < 1.29 is 4.42 Å².